The molecule has 1 fully saturated rings. The van der Waals surface area contributed by atoms with Crippen molar-refractivity contribution < 1.29 is 19.4 Å². The number of aliphatic carboxylic acids is 1. The third-order valence-corrected chi connectivity index (χ3v) is 4.26. The van der Waals surface area contributed by atoms with Crippen molar-refractivity contribution >= 4 is 11.9 Å². The van der Waals surface area contributed by atoms with Gasteiger partial charge in [-0.3, -0.25) is 4.79 Å². The summed E-state index contributed by atoms with van der Waals surface area (Å²) in [5, 5.41) is 9.17. The van der Waals surface area contributed by atoms with E-state index in [1.165, 1.54) is 13.3 Å². The zero-order chi connectivity index (χ0) is 14.6. The second-order valence-electron chi connectivity index (χ2n) is 6.26. The monoisotopic (exact) mass is 270 g/mol. The number of hydrogen-bond donors (Lipinski definition) is 1. The van der Waals surface area contributed by atoms with Gasteiger partial charge in [-0.2, -0.15) is 0 Å². The first kappa shape index (κ1) is 16.0. The molecule has 0 amide bonds. The Hall–Kier alpha value is -1.06. The van der Waals surface area contributed by atoms with E-state index in [4.69, 9.17) is 9.84 Å². The molecule has 0 bridgehead atoms. The molecule has 0 unspecified atom stereocenters. The molecule has 4 atom stereocenters. The van der Waals surface area contributed by atoms with Crippen LogP contribution in [0.15, 0.2) is 0 Å². The van der Waals surface area contributed by atoms with Gasteiger partial charge < -0.3 is 9.84 Å². The molecule has 1 aliphatic rings. The number of carboxylic acids is 1. The van der Waals surface area contributed by atoms with E-state index in [1.807, 2.05) is 0 Å². The predicted molar refractivity (Wildman–Crippen MR) is 72.6 cm³/mol. The third-order valence-electron chi connectivity index (χ3n) is 4.26. The molecule has 4 nitrogen and oxygen atoms in total. The molecule has 0 aliphatic heterocycles. The maximum absolute atomic E-state index is 11.2. The molecule has 19 heavy (non-hydrogen) atoms. The van der Waals surface area contributed by atoms with Gasteiger partial charge in [-0.15, -0.1) is 0 Å². The second kappa shape index (κ2) is 6.92. The van der Waals surface area contributed by atoms with Gasteiger partial charge in [0.15, 0.2) is 6.10 Å². The van der Waals surface area contributed by atoms with E-state index in [0.717, 1.165) is 12.8 Å². The molecule has 0 aromatic heterocycles. The van der Waals surface area contributed by atoms with Gasteiger partial charge in [0.1, 0.15) is 0 Å². The topological polar surface area (TPSA) is 63.6 Å². The van der Waals surface area contributed by atoms with Gasteiger partial charge in [0, 0.05) is 6.92 Å². The molecule has 4 heteroatoms. The normalized spacial score (nSPS) is 29.0. The van der Waals surface area contributed by atoms with Gasteiger partial charge in [-0.05, 0) is 42.9 Å². The molecule has 0 aromatic rings. The Morgan fingerprint density at radius 1 is 1.32 bits per heavy atom. The Balaban J connectivity index is 2.72. The molecule has 1 aliphatic carbocycles. The number of esters is 1. The highest BCUT2D eigenvalue weighted by atomic mass is 16.6. The van der Waals surface area contributed by atoms with E-state index in [0.29, 0.717) is 30.1 Å². The molecule has 0 heterocycles. The number of ether oxygens (including phenoxy) is 1. The van der Waals surface area contributed by atoms with Crippen LogP contribution in [0.2, 0.25) is 0 Å². The number of hydrogen-bond acceptors (Lipinski definition) is 3. The van der Waals surface area contributed by atoms with Crippen LogP contribution in [0.5, 0.6) is 0 Å². The van der Waals surface area contributed by atoms with Crippen molar-refractivity contribution in [1.29, 1.82) is 0 Å². The lowest BCUT2D eigenvalue weighted by Crippen LogP contribution is -2.35. The van der Waals surface area contributed by atoms with Gasteiger partial charge in [0.05, 0.1) is 0 Å². The van der Waals surface area contributed by atoms with Crippen LogP contribution in [-0.4, -0.2) is 23.1 Å². The van der Waals surface area contributed by atoms with Gasteiger partial charge in [-0.25, -0.2) is 4.79 Å². The molecule has 0 saturated heterocycles. The summed E-state index contributed by atoms with van der Waals surface area (Å²) in [4.78, 5) is 22.2. The fourth-order valence-electron chi connectivity index (χ4n) is 3.35. The van der Waals surface area contributed by atoms with Crippen LogP contribution in [-0.2, 0) is 14.3 Å². The highest BCUT2D eigenvalue weighted by Gasteiger charge is 2.35. The van der Waals surface area contributed by atoms with E-state index in [-0.39, 0.29) is 0 Å². The lowest BCUT2D eigenvalue weighted by atomic mass is 9.68. The zero-order valence-electron chi connectivity index (χ0n) is 12.4. The molecule has 0 aromatic carbocycles. The molecule has 0 spiro atoms. The number of carbonyl (C=O) groups excluding carboxylic acids is 1. The van der Waals surface area contributed by atoms with Crippen LogP contribution in [0.4, 0.5) is 0 Å². The van der Waals surface area contributed by atoms with Crippen molar-refractivity contribution in [2.75, 3.05) is 0 Å². The fourth-order valence-corrected chi connectivity index (χ4v) is 3.35. The highest BCUT2D eigenvalue weighted by molar-refractivity contribution is 5.76. The predicted octanol–water partition coefficient (Wildman–Crippen LogP) is 3.10. The SMILES string of the molecule is CC(=O)O[C@@H](C[C@@H]1C[C@H](C)CC[C@H]1C(C)C)C(=O)O. The number of carbonyl (C=O) groups is 2. The summed E-state index contributed by atoms with van der Waals surface area (Å²) in [6, 6.07) is 0. The Labute approximate surface area is 115 Å². The average Bonchev–Trinajstić information content (AvgIpc) is 2.26. The first-order valence-corrected chi connectivity index (χ1v) is 7.21. The smallest absolute Gasteiger partial charge is 0.345 e. The lowest BCUT2D eigenvalue weighted by Gasteiger charge is -2.38. The Morgan fingerprint density at radius 2 is 1.95 bits per heavy atom. The summed E-state index contributed by atoms with van der Waals surface area (Å²) in [6.07, 6.45) is 2.85. The van der Waals surface area contributed by atoms with Crippen LogP contribution in [0, 0.1) is 23.7 Å². The zero-order valence-corrected chi connectivity index (χ0v) is 12.4. The molecule has 1 saturated carbocycles. The standard InChI is InChI=1S/C15H26O4/c1-9(2)13-6-5-10(3)7-12(13)8-14(15(17)18)19-11(4)16/h9-10,12-14H,5-8H2,1-4H3,(H,17,18)/t10-,12+,13+,14+/m1/s1. The minimum atomic E-state index is -1.03. The van der Waals surface area contributed by atoms with Gasteiger partial charge in [-0.1, -0.05) is 27.2 Å². The molecule has 1 rings (SSSR count). The Morgan fingerprint density at radius 3 is 2.42 bits per heavy atom. The summed E-state index contributed by atoms with van der Waals surface area (Å²) in [7, 11) is 0. The summed E-state index contributed by atoms with van der Waals surface area (Å²) >= 11 is 0. The second-order valence-corrected chi connectivity index (χ2v) is 6.26. The van der Waals surface area contributed by atoms with Gasteiger partial charge >= 0.3 is 11.9 Å². The molecular formula is C15H26O4. The van der Waals surface area contributed by atoms with Crippen LogP contribution in [0.3, 0.4) is 0 Å². The highest BCUT2D eigenvalue weighted by Crippen LogP contribution is 2.40. The summed E-state index contributed by atoms with van der Waals surface area (Å²) < 4.78 is 4.94. The molecule has 0 radical (unpaired) electrons. The fraction of sp³-hybridized carbons (Fsp3) is 0.867. The Kier molecular flexibility index (Phi) is 5.83. The van der Waals surface area contributed by atoms with Crippen molar-refractivity contribution in [1.82, 2.24) is 0 Å². The number of carboxylic acid groups (broad SMARTS) is 1. The molecule has 1 N–H and O–H groups in total. The van der Waals surface area contributed by atoms with E-state index < -0.39 is 18.0 Å². The van der Waals surface area contributed by atoms with Crippen LogP contribution in [0.1, 0.15) is 53.4 Å². The van der Waals surface area contributed by atoms with Gasteiger partial charge in [0.25, 0.3) is 0 Å². The number of rotatable bonds is 5. The van der Waals surface area contributed by atoms with E-state index >= 15 is 0 Å². The van der Waals surface area contributed by atoms with Crippen molar-refractivity contribution in [2.45, 2.75) is 59.5 Å². The quantitative estimate of drug-likeness (QED) is 0.780. The largest absolute Gasteiger partial charge is 0.479 e. The molecular weight excluding hydrogens is 244 g/mol. The summed E-state index contributed by atoms with van der Waals surface area (Å²) in [5.41, 5.74) is 0. The maximum Gasteiger partial charge on any atom is 0.345 e. The minimum absolute atomic E-state index is 0.337. The van der Waals surface area contributed by atoms with Crippen molar-refractivity contribution in [2.24, 2.45) is 23.7 Å². The first-order valence-electron chi connectivity index (χ1n) is 7.21. The average molecular weight is 270 g/mol. The third kappa shape index (κ3) is 4.84. The summed E-state index contributed by atoms with van der Waals surface area (Å²) in [5.74, 6) is 0.502. The minimum Gasteiger partial charge on any atom is -0.479 e. The van der Waals surface area contributed by atoms with E-state index in [2.05, 4.69) is 20.8 Å². The van der Waals surface area contributed by atoms with Crippen molar-refractivity contribution in [3.8, 4) is 0 Å². The van der Waals surface area contributed by atoms with Crippen LogP contribution < -0.4 is 0 Å². The van der Waals surface area contributed by atoms with Crippen molar-refractivity contribution in [3.05, 3.63) is 0 Å². The van der Waals surface area contributed by atoms with Crippen LogP contribution in [0.25, 0.3) is 0 Å². The van der Waals surface area contributed by atoms with E-state index in [1.54, 1.807) is 0 Å². The van der Waals surface area contributed by atoms with Crippen LogP contribution >= 0.6 is 0 Å². The maximum atomic E-state index is 11.2. The summed E-state index contributed by atoms with van der Waals surface area (Å²) in [6.45, 7) is 7.86. The van der Waals surface area contributed by atoms with E-state index in [9.17, 15) is 9.59 Å². The lowest BCUT2D eigenvalue weighted by molar-refractivity contribution is -0.164. The molecule has 110 valence electrons. The Bertz CT molecular complexity index is 324. The van der Waals surface area contributed by atoms with Gasteiger partial charge in [0.2, 0.25) is 0 Å². The first-order chi connectivity index (χ1) is 8.81. The van der Waals surface area contributed by atoms with Crippen molar-refractivity contribution in [3.63, 3.8) is 0 Å².